The molecular formula is C6H5ClIN3. The number of H-pyrrole nitrogens is 1. The van der Waals surface area contributed by atoms with Crippen molar-refractivity contribution in [2.75, 3.05) is 0 Å². The van der Waals surface area contributed by atoms with Crippen LogP contribution in [0.1, 0.15) is 5.82 Å². The van der Waals surface area contributed by atoms with Crippen molar-refractivity contribution in [3.63, 3.8) is 0 Å². The molecule has 0 aromatic carbocycles. The standard InChI is InChI=1S/C6H5ClIN3/c7-4(2-9)1-6-10-3-5(8)11-6/h1-3,9H,(H,10,11)/b4-1+,9-2?. The summed E-state index contributed by atoms with van der Waals surface area (Å²) < 4.78 is 0.947. The minimum Gasteiger partial charge on any atom is -0.334 e. The van der Waals surface area contributed by atoms with Gasteiger partial charge in [0.15, 0.2) is 0 Å². The number of rotatable bonds is 2. The number of hydrogen-bond donors (Lipinski definition) is 2. The van der Waals surface area contributed by atoms with Gasteiger partial charge >= 0.3 is 0 Å². The van der Waals surface area contributed by atoms with Crippen molar-refractivity contribution >= 4 is 46.5 Å². The Labute approximate surface area is 82.5 Å². The molecule has 0 atom stereocenters. The maximum absolute atomic E-state index is 6.80. The van der Waals surface area contributed by atoms with E-state index in [2.05, 4.69) is 32.6 Å². The molecule has 0 bridgehead atoms. The summed E-state index contributed by atoms with van der Waals surface area (Å²) in [6.45, 7) is 0. The van der Waals surface area contributed by atoms with Gasteiger partial charge in [-0.05, 0) is 22.6 Å². The fourth-order valence-corrected chi connectivity index (χ4v) is 1.08. The molecule has 0 spiro atoms. The van der Waals surface area contributed by atoms with Crippen molar-refractivity contribution < 1.29 is 0 Å². The Bertz CT molecular complexity index is 292. The van der Waals surface area contributed by atoms with Gasteiger partial charge in [-0.3, -0.25) is 0 Å². The second-order valence-corrected chi connectivity index (χ2v) is 3.39. The van der Waals surface area contributed by atoms with Crippen molar-refractivity contribution in [2.24, 2.45) is 0 Å². The maximum Gasteiger partial charge on any atom is 0.132 e. The maximum atomic E-state index is 6.80. The molecule has 1 heterocycles. The molecule has 3 nitrogen and oxygen atoms in total. The predicted octanol–water partition coefficient (Wildman–Crippen LogP) is 2.24. The molecule has 0 unspecified atom stereocenters. The van der Waals surface area contributed by atoms with Gasteiger partial charge in [-0.15, -0.1) is 0 Å². The highest BCUT2D eigenvalue weighted by Gasteiger charge is 1.93. The summed E-state index contributed by atoms with van der Waals surface area (Å²) in [4.78, 5) is 6.93. The molecule has 0 radical (unpaired) electrons. The molecule has 0 saturated heterocycles. The summed E-state index contributed by atoms with van der Waals surface area (Å²) in [5.74, 6) is 0.669. The van der Waals surface area contributed by atoms with Crippen LogP contribution in [-0.4, -0.2) is 16.2 Å². The predicted molar refractivity (Wildman–Crippen MR) is 53.9 cm³/mol. The van der Waals surface area contributed by atoms with Crippen LogP contribution in [0.4, 0.5) is 0 Å². The minimum absolute atomic E-state index is 0.357. The zero-order chi connectivity index (χ0) is 8.27. The number of allylic oxidation sites excluding steroid dienone is 1. The van der Waals surface area contributed by atoms with Crippen LogP contribution in [0.5, 0.6) is 0 Å². The van der Waals surface area contributed by atoms with Gasteiger partial charge in [-0.2, -0.15) is 0 Å². The number of aromatic nitrogens is 2. The van der Waals surface area contributed by atoms with Gasteiger partial charge in [-0.1, -0.05) is 11.6 Å². The topological polar surface area (TPSA) is 52.5 Å². The van der Waals surface area contributed by atoms with Crippen LogP contribution in [0, 0.1) is 9.11 Å². The second-order valence-electron chi connectivity index (χ2n) is 1.79. The Balaban J connectivity index is 2.86. The molecule has 0 fully saturated rings. The Morgan fingerprint density at radius 2 is 2.55 bits per heavy atom. The third kappa shape index (κ3) is 2.63. The van der Waals surface area contributed by atoms with E-state index in [4.69, 9.17) is 17.0 Å². The molecule has 0 aliphatic heterocycles. The van der Waals surface area contributed by atoms with E-state index < -0.39 is 0 Å². The zero-order valence-electron chi connectivity index (χ0n) is 5.44. The lowest BCUT2D eigenvalue weighted by Crippen LogP contribution is -1.77. The fourth-order valence-electron chi connectivity index (χ4n) is 0.559. The first-order valence-electron chi connectivity index (χ1n) is 2.80. The number of halogens is 2. The number of nitrogens with zero attached hydrogens (tertiary/aromatic N) is 1. The largest absolute Gasteiger partial charge is 0.334 e. The van der Waals surface area contributed by atoms with Crippen molar-refractivity contribution in [1.82, 2.24) is 9.97 Å². The van der Waals surface area contributed by atoms with E-state index in [-0.39, 0.29) is 0 Å². The van der Waals surface area contributed by atoms with Crippen LogP contribution >= 0.6 is 34.2 Å². The van der Waals surface area contributed by atoms with Crippen LogP contribution in [0.15, 0.2) is 11.2 Å². The SMILES string of the molecule is N=C/C(Cl)=C\c1ncc(I)[nH]1. The first kappa shape index (κ1) is 8.73. The van der Waals surface area contributed by atoms with Crippen LogP contribution in [-0.2, 0) is 0 Å². The van der Waals surface area contributed by atoms with Gasteiger partial charge in [0.2, 0.25) is 0 Å². The third-order valence-electron chi connectivity index (χ3n) is 0.977. The molecule has 0 aliphatic rings. The minimum atomic E-state index is 0.357. The number of nitrogens with one attached hydrogen (secondary N) is 2. The summed E-state index contributed by atoms with van der Waals surface area (Å²) in [6.07, 6.45) is 4.36. The lowest BCUT2D eigenvalue weighted by molar-refractivity contribution is 1.25. The quantitative estimate of drug-likeness (QED) is 0.634. The normalized spacial score (nSPS) is 11.6. The van der Waals surface area contributed by atoms with Gasteiger partial charge < -0.3 is 10.4 Å². The lowest BCUT2D eigenvalue weighted by Gasteiger charge is -1.84. The van der Waals surface area contributed by atoms with Crippen molar-refractivity contribution in [1.29, 1.82) is 5.41 Å². The molecule has 0 saturated carbocycles. The molecule has 58 valence electrons. The van der Waals surface area contributed by atoms with Gasteiger partial charge in [0.25, 0.3) is 0 Å². The Kier molecular flexibility index (Phi) is 3.07. The number of hydrogen-bond acceptors (Lipinski definition) is 2. The summed E-state index contributed by atoms with van der Waals surface area (Å²) in [7, 11) is 0. The molecule has 1 aromatic heterocycles. The molecule has 11 heavy (non-hydrogen) atoms. The van der Waals surface area contributed by atoms with Crippen LogP contribution in [0.3, 0.4) is 0 Å². The Hall–Kier alpha value is -0.360. The molecule has 0 aliphatic carbocycles. The molecule has 1 rings (SSSR count). The van der Waals surface area contributed by atoms with E-state index in [0.29, 0.717) is 10.9 Å². The van der Waals surface area contributed by atoms with E-state index in [1.54, 1.807) is 12.3 Å². The number of aromatic amines is 1. The van der Waals surface area contributed by atoms with E-state index >= 15 is 0 Å². The van der Waals surface area contributed by atoms with E-state index in [1.165, 1.54) is 0 Å². The van der Waals surface area contributed by atoms with Crippen molar-refractivity contribution in [2.45, 2.75) is 0 Å². The monoisotopic (exact) mass is 281 g/mol. The summed E-state index contributed by atoms with van der Waals surface area (Å²) in [6, 6.07) is 0. The molecule has 5 heteroatoms. The van der Waals surface area contributed by atoms with Crippen LogP contribution < -0.4 is 0 Å². The molecule has 2 N–H and O–H groups in total. The highest BCUT2D eigenvalue weighted by Crippen LogP contribution is 2.06. The van der Waals surface area contributed by atoms with Crippen LogP contribution in [0.25, 0.3) is 6.08 Å². The summed E-state index contributed by atoms with van der Waals surface area (Å²) >= 11 is 7.68. The molecule has 0 amide bonds. The highest BCUT2D eigenvalue weighted by molar-refractivity contribution is 14.1. The average molecular weight is 281 g/mol. The Morgan fingerprint density at radius 3 is 3.00 bits per heavy atom. The van der Waals surface area contributed by atoms with Gasteiger partial charge in [0.1, 0.15) is 5.82 Å². The van der Waals surface area contributed by atoms with Crippen LogP contribution in [0.2, 0.25) is 0 Å². The second kappa shape index (κ2) is 3.87. The van der Waals surface area contributed by atoms with Crippen molar-refractivity contribution in [3.8, 4) is 0 Å². The summed E-state index contributed by atoms with van der Waals surface area (Å²) in [5, 5.41) is 7.15. The smallest absolute Gasteiger partial charge is 0.132 e. The van der Waals surface area contributed by atoms with Crippen molar-refractivity contribution in [3.05, 3.63) is 20.8 Å². The molecular weight excluding hydrogens is 276 g/mol. The summed E-state index contributed by atoms with van der Waals surface area (Å²) in [5.41, 5.74) is 0. The third-order valence-corrected chi connectivity index (χ3v) is 1.74. The average Bonchev–Trinajstić information content (AvgIpc) is 2.35. The highest BCUT2D eigenvalue weighted by atomic mass is 127. The van der Waals surface area contributed by atoms with Gasteiger partial charge in [0, 0.05) is 12.3 Å². The van der Waals surface area contributed by atoms with E-state index in [1.807, 2.05) is 0 Å². The lowest BCUT2D eigenvalue weighted by atomic mass is 10.5. The zero-order valence-corrected chi connectivity index (χ0v) is 8.35. The number of imidazole rings is 1. The first-order valence-corrected chi connectivity index (χ1v) is 4.26. The molecule has 1 aromatic rings. The van der Waals surface area contributed by atoms with E-state index in [0.717, 1.165) is 9.92 Å². The Morgan fingerprint density at radius 1 is 1.82 bits per heavy atom. The first-order chi connectivity index (χ1) is 5.22. The van der Waals surface area contributed by atoms with E-state index in [9.17, 15) is 0 Å². The fraction of sp³-hybridized carbons (Fsp3) is 0. The van der Waals surface area contributed by atoms with Gasteiger partial charge in [-0.25, -0.2) is 4.98 Å². The van der Waals surface area contributed by atoms with Gasteiger partial charge in [0.05, 0.1) is 14.9 Å².